The maximum atomic E-state index is 2.65. The molecule has 0 fully saturated rings. The normalized spacial score (nSPS) is 22.7. The fourth-order valence-electron chi connectivity index (χ4n) is 4.35. The van der Waals surface area contributed by atoms with Crippen LogP contribution in [-0.2, 0) is 17.4 Å². The second kappa shape index (κ2) is 4.76. The van der Waals surface area contributed by atoms with E-state index in [0.29, 0.717) is 7.25 Å². The molecule has 110 valence electrons. The zero-order valence-electron chi connectivity index (χ0n) is 13.3. The monoisotopic (exact) mass is 380 g/mol. The van der Waals surface area contributed by atoms with Crippen LogP contribution in [0.15, 0.2) is 60.7 Å². The quantitative estimate of drug-likeness (QED) is 0.652. The van der Waals surface area contributed by atoms with E-state index in [2.05, 4.69) is 89.0 Å². The zero-order chi connectivity index (χ0) is 15.4. The summed E-state index contributed by atoms with van der Waals surface area (Å²) in [5, 5.41) is 0. The van der Waals surface area contributed by atoms with Crippen molar-refractivity contribution < 1.29 is 17.4 Å². The summed E-state index contributed by atoms with van der Waals surface area (Å²) in [4.78, 5) is 0. The van der Waals surface area contributed by atoms with Gasteiger partial charge in [-0.1, -0.05) is 0 Å². The van der Waals surface area contributed by atoms with E-state index in [0.717, 1.165) is 0 Å². The standard InChI is InChI=1S/2C9H7.2CH3.H2Si.Zr/c2*1-2-5-9-7-3-6-8(9)4-1;;;;/h2*1-7H;2*1H3;1H2;. The Morgan fingerprint density at radius 1 is 0.727 bits per heavy atom. The number of hydrogen-bond donors (Lipinski definition) is 0. The van der Waals surface area contributed by atoms with Crippen LogP contribution in [0.1, 0.15) is 29.5 Å². The molecule has 0 N–H and O–H groups in total. The molecule has 0 heterocycles. The van der Waals surface area contributed by atoms with Gasteiger partial charge in [0.1, 0.15) is 0 Å². The summed E-state index contributed by atoms with van der Waals surface area (Å²) in [6.07, 6.45) is 9.69. The third-order valence-corrected chi connectivity index (χ3v) is 23.4. The maximum absolute atomic E-state index is 3.02. The molecule has 0 saturated heterocycles. The van der Waals surface area contributed by atoms with Crippen molar-refractivity contribution in [2.45, 2.75) is 16.5 Å². The molecule has 0 aliphatic heterocycles. The fourth-order valence-corrected chi connectivity index (χ4v) is 19.4. The molecule has 0 spiro atoms. The SMILES string of the molecule is [CH3][Zr]([CH3])(=[SiH2])([CH]1C=Cc2ccccc21)[CH]1C=Cc2ccccc21. The molecule has 0 nitrogen and oxygen atoms in total. The molecule has 0 amide bonds. The number of rotatable bonds is 2. The fraction of sp³-hybridized carbons (Fsp3) is 0.200. The van der Waals surface area contributed by atoms with Gasteiger partial charge in [0, 0.05) is 0 Å². The van der Waals surface area contributed by atoms with Gasteiger partial charge < -0.3 is 0 Å². The van der Waals surface area contributed by atoms with Gasteiger partial charge in [-0.3, -0.25) is 0 Å². The van der Waals surface area contributed by atoms with Crippen LogP contribution in [0, 0.1) is 0 Å². The summed E-state index contributed by atoms with van der Waals surface area (Å²) in [5.41, 5.74) is 5.98. The van der Waals surface area contributed by atoms with Crippen molar-refractivity contribution >= 4 is 19.0 Å². The number of hydrogen-bond acceptors (Lipinski definition) is 0. The van der Waals surface area contributed by atoms with Crippen molar-refractivity contribution in [1.29, 1.82) is 0 Å². The third-order valence-electron chi connectivity index (χ3n) is 5.64. The first-order valence-electron chi connectivity index (χ1n) is 8.07. The number of fused-ring (bicyclic) bond motifs is 2. The predicted octanol–water partition coefficient (Wildman–Crippen LogP) is 4.86. The second-order valence-electron chi connectivity index (χ2n) is 7.87. The molecular formula is C20H22SiZr. The van der Waals surface area contributed by atoms with E-state index in [9.17, 15) is 0 Å². The Kier molecular flexibility index (Phi) is 3.16. The van der Waals surface area contributed by atoms with Crippen molar-refractivity contribution in [3.8, 4) is 0 Å². The van der Waals surface area contributed by atoms with Gasteiger partial charge in [0.05, 0.1) is 0 Å². The molecule has 22 heavy (non-hydrogen) atoms. The van der Waals surface area contributed by atoms with Crippen LogP contribution in [0.4, 0.5) is 0 Å². The van der Waals surface area contributed by atoms with Gasteiger partial charge in [-0.25, -0.2) is 0 Å². The molecule has 0 radical (unpaired) electrons. The molecule has 2 aliphatic rings. The average molecular weight is 382 g/mol. The Hall–Kier alpha value is -0.980. The Labute approximate surface area is 135 Å². The molecule has 0 bridgehead atoms. The van der Waals surface area contributed by atoms with Gasteiger partial charge in [-0.15, -0.1) is 0 Å². The van der Waals surface area contributed by atoms with Crippen LogP contribution >= 0.6 is 0 Å². The van der Waals surface area contributed by atoms with Crippen LogP contribution in [-0.4, -0.2) is 6.88 Å². The Morgan fingerprint density at radius 3 is 1.59 bits per heavy atom. The van der Waals surface area contributed by atoms with E-state index < -0.39 is 17.4 Å². The first kappa shape index (κ1) is 14.6. The van der Waals surface area contributed by atoms with E-state index in [-0.39, 0.29) is 0 Å². The summed E-state index contributed by atoms with van der Waals surface area (Å²) >= 11 is -3.02. The van der Waals surface area contributed by atoms with Crippen LogP contribution < -0.4 is 0 Å². The van der Waals surface area contributed by atoms with Gasteiger partial charge in [0.15, 0.2) is 0 Å². The van der Waals surface area contributed by atoms with Gasteiger partial charge >= 0.3 is 136 Å². The number of benzene rings is 2. The van der Waals surface area contributed by atoms with Crippen molar-refractivity contribution in [3.63, 3.8) is 0 Å². The van der Waals surface area contributed by atoms with Crippen LogP contribution in [0.5, 0.6) is 0 Å². The van der Waals surface area contributed by atoms with E-state index in [1.807, 2.05) is 0 Å². The molecule has 2 aliphatic carbocycles. The molecule has 2 aromatic carbocycles. The van der Waals surface area contributed by atoms with Gasteiger partial charge in [0.25, 0.3) is 0 Å². The first-order chi connectivity index (χ1) is 10.5. The minimum atomic E-state index is -3.02. The zero-order valence-corrected chi connectivity index (χ0v) is 17.2. The summed E-state index contributed by atoms with van der Waals surface area (Å²) in [6.45, 7) is 2.37. The molecule has 2 unspecified atom stereocenters. The molecule has 2 heteroatoms. The molecule has 4 rings (SSSR count). The van der Waals surface area contributed by atoms with Crippen molar-refractivity contribution in [2.24, 2.45) is 0 Å². The van der Waals surface area contributed by atoms with Gasteiger partial charge in [-0.2, -0.15) is 0 Å². The Balaban J connectivity index is 1.86. The van der Waals surface area contributed by atoms with Crippen LogP contribution in [0.3, 0.4) is 0 Å². The van der Waals surface area contributed by atoms with Crippen molar-refractivity contribution in [3.05, 3.63) is 82.9 Å². The second-order valence-corrected chi connectivity index (χ2v) is 38.6. The summed E-state index contributed by atoms with van der Waals surface area (Å²) in [6, 6.07) is 17.9. The Bertz CT molecular complexity index is 815. The van der Waals surface area contributed by atoms with E-state index in [4.69, 9.17) is 0 Å². The summed E-state index contributed by atoms with van der Waals surface area (Å²) in [5.74, 6) is 0. The predicted molar refractivity (Wildman–Crippen MR) is 96.7 cm³/mol. The summed E-state index contributed by atoms with van der Waals surface area (Å²) < 4.78 is 6.59. The Morgan fingerprint density at radius 2 is 1.14 bits per heavy atom. The van der Waals surface area contributed by atoms with E-state index in [1.165, 1.54) is 11.1 Å². The molecule has 0 saturated carbocycles. The van der Waals surface area contributed by atoms with Gasteiger partial charge in [0.2, 0.25) is 0 Å². The van der Waals surface area contributed by atoms with Crippen molar-refractivity contribution in [2.75, 3.05) is 0 Å². The first-order valence-corrected chi connectivity index (χ1v) is 21.7. The van der Waals surface area contributed by atoms with Crippen molar-refractivity contribution in [1.82, 2.24) is 0 Å². The molecule has 0 aromatic heterocycles. The molecular weight excluding hydrogens is 360 g/mol. The van der Waals surface area contributed by atoms with Gasteiger partial charge in [-0.05, 0) is 0 Å². The third kappa shape index (κ3) is 2.04. The number of allylic oxidation sites excluding steroid dienone is 2. The molecule has 2 atom stereocenters. The van der Waals surface area contributed by atoms with Crippen LogP contribution in [0.2, 0.25) is 9.26 Å². The summed E-state index contributed by atoms with van der Waals surface area (Å²) in [7, 11) is 0. The molecule has 2 aromatic rings. The van der Waals surface area contributed by atoms with E-state index in [1.54, 1.807) is 11.1 Å². The minimum absolute atomic E-state index is 0.650. The average Bonchev–Trinajstić information content (AvgIpc) is 3.12. The van der Waals surface area contributed by atoms with Crippen LogP contribution in [0.25, 0.3) is 12.2 Å². The topological polar surface area (TPSA) is 0 Å². The van der Waals surface area contributed by atoms with E-state index >= 15 is 0 Å².